The predicted octanol–water partition coefficient (Wildman–Crippen LogP) is 1.93. The van der Waals surface area contributed by atoms with E-state index in [0.717, 1.165) is 70.6 Å². The van der Waals surface area contributed by atoms with Gasteiger partial charge in [-0.1, -0.05) is 38.5 Å². The molecular formula is C24H37N7O5. The number of rotatable bonds is 21. The molecule has 0 aliphatic carbocycles. The second-order valence-corrected chi connectivity index (χ2v) is 8.38. The van der Waals surface area contributed by atoms with Crippen molar-refractivity contribution >= 4 is 18.2 Å². The van der Waals surface area contributed by atoms with E-state index in [1.54, 1.807) is 0 Å². The minimum atomic E-state index is -0.473. The van der Waals surface area contributed by atoms with E-state index in [4.69, 9.17) is 0 Å². The largest absolute Gasteiger partial charge is 0.334 e. The van der Waals surface area contributed by atoms with Crippen LogP contribution in [0.5, 0.6) is 0 Å². The van der Waals surface area contributed by atoms with Crippen molar-refractivity contribution in [2.75, 3.05) is 26.2 Å². The van der Waals surface area contributed by atoms with Gasteiger partial charge in [-0.05, 0) is 38.5 Å². The van der Waals surface area contributed by atoms with Gasteiger partial charge in [-0.3, -0.25) is 14.5 Å². The van der Waals surface area contributed by atoms with E-state index in [2.05, 4.69) is 25.0 Å². The van der Waals surface area contributed by atoms with Crippen LogP contribution in [0.2, 0.25) is 0 Å². The van der Waals surface area contributed by atoms with E-state index < -0.39 is 5.69 Å². The Morgan fingerprint density at radius 3 is 1.44 bits per heavy atom. The molecule has 0 aliphatic rings. The molecule has 12 nitrogen and oxygen atoms in total. The first-order valence-corrected chi connectivity index (χ1v) is 12.7. The second kappa shape index (κ2) is 20.9. The molecule has 1 N–H and O–H groups in total. The van der Waals surface area contributed by atoms with Gasteiger partial charge in [-0.15, -0.1) is 0 Å². The Balaban J connectivity index is 2.81. The predicted molar refractivity (Wildman–Crippen MR) is 134 cm³/mol. The second-order valence-electron chi connectivity index (χ2n) is 8.38. The first kappa shape index (κ1) is 30.6. The van der Waals surface area contributed by atoms with Gasteiger partial charge >= 0.3 is 11.4 Å². The molecule has 0 fully saturated rings. The number of nitrogens with one attached hydrogen (secondary N) is 1. The quantitative estimate of drug-likeness (QED) is 0.154. The van der Waals surface area contributed by atoms with Gasteiger partial charge in [0, 0.05) is 19.6 Å². The first-order chi connectivity index (χ1) is 17.7. The molecule has 12 heteroatoms. The number of aromatic amines is 1. The molecule has 0 aromatic carbocycles. The van der Waals surface area contributed by atoms with Crippen LogP contribution >= 0.6 is 0 Å². The number of unbranched alkanes of at least 4 members (excludes halogenated alkanes) is 9. The fourth-order valence-corrected chi connectivity index (χ4v) is 3.68. The number of aromatic nitrogens is 3. The van der Waals surface area contributed by atoms with Crippen LogP contribution in [0.3, 0.4) is 0 Å². The molecule has 0 atom stereocenters. The Labute approximate surface area is 210 Å². The summed E-state index contributed by atoms with van der Waals surface area (Å²) in [6, 6.07) is 0. The lowest BCUT2D eigenvalue weighted by atomic mass is 10.2. The average molecular weight is 504 g/mol. The summed E-state index contributed by atoms with van der Waals surface area (Å²) in [5.41, 5.74) is -0.566. The Hall–Kier alpha value is -3.45. The maximum atomic E-state index is 13.1. The van der Waals surface area contributed by atoms with Crippen LogP contribution in [0.25, 0.3) is 0 Å². The van der Waals surface area contributed by atoms with Gasteiger partial charge in [-0.25, -0.2) is 43.5 Å². The van der Waals surface area contributed by atoms with Crippen molar-refractivity contribution in [2.24, 2.45) is 20.0 Å². The molecule has 1 rings (SSSR count). The monoisotopic (exact) mass is 503 g/mol. The fraction of sp³-hybridized carbons (Fsp3) is 0.750. The first-order valence-electron chi connectivity index (χ1n) is 12.7. The van der Waals surface area contributed by atoms with Crippen LogP contribution in [-0.4, -0.2) is 58.5 Å². The number of aliphatic imine (C=N–C) groups is 3. The van der Waals surface area contributed by atoms with E-state index in [1.807, 2.05) is 0 Å². The zero-order chi connectivity index (χ0) is 26.3. The van der Waals surface area contributed by atoms with Crippen LogP contribution in [0.4, 0.5) is 0 Å². The molecule has 1 heterocycles. The van der Waals surface area contributed by atoms with Crippen molar-refractivity contribution in [1.82, 2.24) is 14.1 Å². The summed E-state index contributed by atoms with van der Waals surface area (Å²) in [6.45, 7) is 2.57. The van der Waals surface area contributed by atoms with E-state index in [1.165, 1.54) is 27.4 Å². The number of carbonyl (C=O) groups excluding carboxylic acids is 3. The minimum Gasteiger partial charge on any atom is -0.277 e. The SMILES string of the molecule is O=C=NCCCCCC/N=c1\[nH]c(=O)n(CCCCCCN=C=O)c(=O)n1CCCCCCN=C=O. The molecular weight excluding hydrogens is 466 g/mol. The standard InChI is InChI=1S/C24H37N7O5/c32-19-25-13-7-1-2-10-16-28-22-29-23(35)31(18-12-6-4-9-15-27-21-34)24(36)30(22)17-11-5-3-8-14-26-20-33/h1-18H2,(H,28,29,35). The molecule has 198 valence electrons. The summed E-state index contributed by atoms with van der Waals surface area (Å²) >= 11 is 0. The smallest absolute Gasteiger partial charge is 0.277 e. The summed E-state index contributed by atoms with van der Waals surface area (Å²) in [7, 11) is 0. The lowest BCUT2D eigenvalue weighted by Gasteiger charge is -2.11. The zero-order valence-corrected chi connectivity index (χ0v) is 21.0. The van der Waals surface area contributed by atoms with Gasteiger partial charge in [0.25, 0.3) is 0 Å². The molecule has 0 saturated heterocycles. The van der Waals surface area contributed by atoms with Crippen molar-refractivity contribution < 1.29 is 14.4 Å². The summed E-state index contributed by atoms with van der Waals surface area (Å²) in [6.07, 6.45) is 14.3. The molecule has 0 saturated carbocycles. The van der Waals surface area contributed by atoms with Crippen molar-refractivity contribution in [2.45, 2.75) is 90.1 Å². The number of hydrogen-bond donors (Lipinski definition) is 1. The van der Waals surface area contributed by atoms with Crippen LogP contribution in [-0.2, 0) is 27.5 Å². The Kier molecular flexibility index (Phi) is 17.7. The molecule has 0 bridgehead atoms. The molecule has 0 unspecified atom stereocenters. The molecule has 1 aromatic heterocycles. The maximum absolute atomic E-state index is 13.1. The maximum Gasteiger partial charge on any atom is 0.334 e. The highest BCUT2D eigenvalue weighted by Crippen LogP contribution is 2.02. The van der Waals surface area contributed by atoms with Gasteiger partial charge in [0.2, 0.25) is 23.9 Å². The summed E-state index contributed by atoms with van der Waals surface area (Å²) in [4.78, 5) is 73.9. The van der Waals surface area contributed by atoms with Gasteiger partial charge < -0.3 is 0 Å². The molecule has 0 spiro atoms. The molecule has 0 aliphatic heterocycles. The highest BCUT2D eigenvalue weighted by molar-refractivity contribution is 5.33. The van der Waals surface area contributed by atoms with Crippen molar-refractivity contribution in [3.05, 3.63) is 26.6 Å². The highest BCUT2D eigenvalue weighted by Gasteiger charge is 2.09. The number of hydrogen-bond acceptors (Lipinski definition) is 9. The van der Waals surface area contributed by atoms with Crippen LogP contribution < -0.4 is 17.0 Å². The third kappa shape index (κ3) is 13.4. The van der Waals surface area contributed by atoms with Crippen LogP contribution in [0.15, 0.2) is 29.6 Å². The summed E-state index contributed by atoms with van der Waals surface area (Å²) < 4.78 is 2.75. The van der Waals surface area contributed by atoms with Gasteiger partial charge in [0.05, 0.1) is 19.6 Å². The number of nitrogens with zero attached hydrogens (tertiary/aromatic N) is 6. The van der Waals surface area contributed by atoms with Gasteiger partial charge in [-0.2, -0.15) is 0 Å². The van der Waals surface area contributed by atoms with E-state index in [9.17, 15) is 24.0 Å². The molecule has 0 amide bonds. The Morgan fingerprint density at radius 2 is 0.972 bits per heavy atom. The molecule has 0 radical (unpaired) electrons. The number of isocyanates is 3. The van der Waals surface area contributed by atoms with Gasteiger partial charge in [0.1, 0.15) is 0 Å². The van der Waals surface area contributed by atoms with E-state index in [0.29, 0.717) is 45.7 Å². The minimum absolute atomic E-state index is 0.282. The van der Waals surface area contributed by atoms with Crippen LogP contribution in [0.1, 0.15) is 77.0 Å². The van der Waals surface area contributed by atoms with Crippen molar-refractivity contribution in [3.8, 4) is 0 Å². The third-order valence-electron chi connectivity index (χ3n) is 5.62. The lowest BCUT2D eigenvalue weighted by molar-refractivity contribution is 0.459. The highest BCUT2D eigenvalue weighted by atomic mass is 16.2. The van der Waals surface area contributed by atoms with Crippen molar-refractivity contribution in [1.29, 1.82) is 0 Å². The summed E-state index contributed by atoms with van der Waals surface area (Å²) in [5.74, 6) is 0. The van der Waals surface area contributed by atoms with E-state index in [-0.39, 0.29) is 11.3 Å². The normalized spacial score (nSPS) is 10.9. The third-order valence-corrected chi connectivity index (χ3v) is 5.62. The number of H-pyrrole nitrogens is 1. The average Bonchev–Trinajstić information content (AvgIpc) is 2.87. The Bertz CT molecular complexity index is 1090. The van der Waals surface area contributed by atoms with Crippen molar-refractivity contribution in [3.63, 3.8) is 0 Å². The Morgan fingerprint density at radius 1 is 0.556 bits per heavy atom. The molecule has 36 heavy (non-hydrogen) atoms. The fourth-order valence-electron chi connectivity index (χ4n) is 3.68. The zero-order valence-electron chi connectivity index (χ0n) is 21.0. The molecule has 1 aromatic rings. The van der Waals surface area contributed by atoms with E-state index >= 15 is 0 Å². The van der Waals surface area contributed by atoms with Gasteiger partial charge in [0.15, 0.2) is 0 Å². The van der Waals surface area contributed by atoms with Crippen LogP contribution in [0, 0.1) is 0 Å². The summed E-state index contributed by atoms with van der Waals surface area (Å²) in [5, 5.41) is 0. The lowest BCUT2D eigenvalue weighted by Crippen LogP contribution is -2.50. The topological polar surface area (TPSA) is 160 Å².